The van der Waals surface area contributed by atoms with Crippen molar-refractivity contribution in [3.8, 4) is 11.5 Å². The molecule has 3 aliphatic rings. The van der Waals surface area contributed by atoms with Gasteiger partial charge in [0.15, 0.2) is 23.4 Å². The first-order valence-electron chi connectivity index (χ1n) is 8.38. The van der Waals surface area contributed by atoms with Gasteiger partial charge in [-0.05, 0) is 31.2 Å². The summed E-state index contributed by atoms with van der Waals surface area (Å²) in [5, 5.41) is 6.65. The van der Waals surface area contributed by atoms with E-state index >= 15 is 0 Å². The van der Waals surface area contributed by atoms with Crippen molar-refractivity contribution in [2.45, 2.75) is 24.9 Å². The van der Waals surface area contributed by atoms with Gasteiger partial charge < -0.3 is 29.6 Å². The second-order valence-electron chi connectivity index (χ2n) is 5.90. The maximum absolute atomic E-state index is 6.37. The van der Waals surface area contributed by atoms with E-state index in [1.165, 1.54) is 0 Å². The van der Waals surface area contributed by atoms with Crippen LogP contribution < -0.4 is 20.1 Å². The molecule has 0 saturated carbocycles. The molecule has 0 aliphatic carbocycles. The lowest BCUT2D eigenvalue weighted by Gasteiger charge is -2.34. The Morgan fingerprint density at radius 2 is 2.21 bits per heavy atom. The Morgan fingerprint density at radius 1 is 1.33 bits per heavy atom. The highest BCUT2D eigenvalue weighted by atomic mass is 16.7. The number of hydrogen-bond donors (Lipinski definition) is 2. The molecule has 0 amide bonds. The third-order valence-corrected chi connectivity index (χ3v) is 4.33. The van der Waals surface area contributed by atoms with Crippen molar-refractivity contribution in [2.24, 2.45) is 0 Å². The molecule has 3 atom stereocenters. The fourth-order valence-electron chi connectivity index (χ4n) is 3.15. The van der Waals surface area contributed by atoms with Gasteiger partial charge in [-0.3, -0.25) is 0 Å². The van der Waals surface area contributed by atoms with Gasteiger partial charge in [0, 0.05) is 19.3 Å². The smallest absolute Gasteiger partial charge is 0.277 e. The topological polar surface area (TPSA) is 64.3 Å². The van der Waals surface area contributed by atoms with Crippen molar-refractivity contribution < 1.29 is 18.9 Å². The van der Waals surface area contributed by atoms with Crippen LogP contribution in [0.3, 0.4) is 0 Å². The first-order valence-corrected chi connectivity index (χ1v) is 8.38. The lowest BCUT2D eigenvalue weighted by molar-refractivity contribution is -0.0748. The van der Waals surface area contributed by atoms with Crippen LogP contribution in [0.4, 0.5) is 0 Å². The monoisotopic (exact) mass is 330 g/mol. The lowest BCUT2D eigenvalue weighted by Crippen LogP contribution is -2.57. The molecule has 1 aromatic carbocycles. The Hall–Kier alpha value is -2.18. The predicted octanol–water partition coefficient (Wildman–Crippen LogP) is 1.55. The van der Waals surface area contributed by atoms with Crippen LogP contribution in [0.1, 0.15) is 6.92 Å². The molecule has 24 heavy (non-hydrogen) atoms. The number of nitrogens with one attached hydrogen (secondary N) is 2. The zero-order chi connectivity index (χ0) is 16.4. The number of para-hydroxylation sites is 2. The summed E-state index contributed by atoms with van der Waals surface area (Å²) in [6, 6.07) is 7.69. The first kappa shape index (κ1) is 15.4. The summed E-state index contributed by atoms with van der Waals surface area (Å²) in [6.07, 6.45) is 5.29. The van der Waals surface area contributed by atoms with Gasteiger partial charge in [-0.2, -0.15) is 0 Å². The van der Waals surface area contributed by atoms with E-state index in [1.54, 1.807) is 0 Å². The third kappa shape index (κ3) is 2.72. The van der Waals surface area contributed by atoms with Gasteiger partial charge in [0.25, 0.3) is 5.72 Å². The molecule has 0 radical (unpaired) electrons. The number of epoxide rings is 1. The van der Waals surface area contributed by atoms with Crippen molar-refractivity contribution in [1.29, 1.82) is 0 Å². The molecule has 2 fully saturated rings. The quantitative estimate of drug-likeness (QED) is 0.772. The highest BCUT2D eigenvalue weighted by molar-refractivity contribution is 5.42. The number of fused-ring (bicyclic) bond motifs is 1. The van der Waals surface area contributed by atoms with Crippen LogP contribution in [0.5, 0.6) is 11.5 Å². The molecule has 1 aromatic rings. The second kappa shape index (κ2) is 6.37. The Balaban J connectivity index is 1.62. The molecule has 3 unspecified atom stereocenters. The molecule has 2 saturated heterocycles. The van der Waals surface area contributed by atoms with Crippen molar-refractivity contribution >= 4 is 0 Å². The average molecular weight is 330 g/mol. The summed E-state index contributed by atoms with van der Waals surface area (Å²) in [6.45, 7) is 4.76. The third-order valence-electron chi connectivity index (χ3n) is 4.33. The normalized spacial score (nSPS) is 28.7. The van der Waals surface area contributed by atoms with E-state index in [-0.39, 0.29) is 12.2 Å². The Morgan fingerprint density at radius 3 is 2.96 bits per heavy atom. The van der Waals surface area contributed by atoms with E-state index < -0.39 is 5.72 Å². The Kier molecular flexibility index (Phi) is 4.08. The fourth-order valence-corrected chi connectivity index (χ4v) is 3.15. The van der Waals surface area contributed by atoms with Crippen LogP contribution >= 0.6 is 0 Å². The minimum atomic E-state index is -0.655. The number of benzene rings is 1. The number of rotatable bonds is 6. The summed E-state index contributed by atoms with van der Waals surface area (Å²) in [5.41, 5.74) is -0.655. The number of dihydropyridines is 1. The lowest BCUT2D eigenvalue weighted by atomic mass is 10.0. The summed E-state index contributed by atoms with van der Waals surface area (Å²) in [4.78, 5) is 0. The molecule has 3 aliphatic heterocycles. The molecule has 2 N–H and O–H groups in total. The van der Waals surface area contributed by atoms with E-state index in [0.717, 1.165) is 18.1 Å². The summed E-state index contributed by atoms with van der Waals surface area (Å²) in [5.74, 6) is 2.29. The van der Waals surface area contributed by atoms with Gasteiger partial charge in [0.1, 0.15) is 6.10 Å². The number of ether oxygens (including phenoxy) is 4. The summed E-state index contributed by atoms with van der Waals surface area (Å²) < 4.78 is 23.9. The molecular weight excluding hydrogens is 308 g/mol. The molecule has 128 valence electrons. The first-order chi connectivity index (χ1) is 11.8. The Bertz CT molecular complexity index is 654. The van der Waals surface area contributed by atoms with Crippen LogP contribution in [0.25, 0.3) is 0 Å². The van der Waals surface area contributed by atoms with E-state index in [1.807, 2.05) is 49.5 Å². The minimum absolute atomic E-state index is 0.127. The molecule has 0 spiro atoms. The van der Waals surface area contributed by atoms with Crippen molar-refractivity contribution in [3.05, 3.63) is 48.4 Å². The van der Waals surface area contributed by atoms with Crippen molar-refractivity contribution in [1.82, 2.24) is 10.6 Å². The average Bonchev–Trinajstić information content (AvgIpc) is 3.37. The molecule has 6 nitrogen and oxygen atoms in total. The van der Waals surface area contributed by atoms with Crippen LogP contribution in [-0.4, -0.2) is 44.2 Å². The van der Waals surface area contributed by atoms with Gasteiger partial charge in [-0.25, -0.2) is 0 Å². The maximum atomic E-state index is 6.37. The highest BCUT2D eigenvalue weighted by Crippen LogP contribution is 2.46. The van der Waals surface area contributed by atoms with E-state index in [0.29, 0.717) is 25.5 Å². The van der Waals surface area contributed by atoms with Crippen LogP contribution in [0, 0.1) is 0 Å². The fraction of sp³-hybridized carbons (Fsp3) is 0.444. The molecule has 0 aromatic heterocycles. The molecule has 3 heterocycles. The molecule has 0 bridgehead atoms. The van der Waals surface area contributed by atoms with E-state index in [2.05, 4.69) is 10.6 Å². The maximum Gasteiger partial charge on any atom is 0.277 e. The summed E-state index contributed by atoms with van der Waals surface area (Å²) in [7, 11) is 0. The van der Waals surface area contributed by atoms with Gasteiger partial charge >= 0.3 is 0 Å². The van der Waals surface area contributed by atoms with Gasteiger partial charge in [0.2, 0.25) is 0 Å². The van der Waals surface area contributed by atoms with E-state index in [9.17, 15) is 0 Å². The molecular formula is C18H22N2O4. The summed E-state index contributed by atoms with van der Waals surface area (Å²) >= 11 is 0. The SMILES string of the molecule is CCOc1ccccc1OC(C1CNCCO1)C12NC=CC=C1O2. The standard InChI is InChI=1S/C18H22N2O4/c1-2-21-13-6-3-4-7-14(13)23-17(15-12-19-10-11-22-15)18-16(24-18)8-5-9-20-18/h3-9,15,17,19-20H,2,10-12H2,1H3. The zero-order valence-electron chi connectivity index (χ0n) is 13.7. The number of morpholine rings is 1. The largest absolute Gasteiger partial charge is 0.490 e. The van der Waals surface area contributed by atoms with Crippen LogP contribution in [0.15, 0.2) is 48.4 Å². The number of hydrogen-bond acceptors (Lipinski definition) is 6. The van der Waals surface area contributed by atoms with Crippen LogP contribution in [-0.2, 0) is 9.47 Å². The van der Waals surface area contributed by atoms with E-state index in [4.69, 9.17) is 18.9 Å². The number of allylic oxidation sites excluding steroid dienone is 2. The second-order valence-corrected chi connectivity index (χ2v) is 5.90. The van der Waals surface area contributed by atoms with Gasteiger partial charge in [0.05, 0.1) is 13.2 Å². The van der Waals surface area contributed by atoms with Gasteiger partial charge in [-0.1, -0.05) is 12.1 Å². The zero-order valence-corrected chi connectivity index (χ0v) is 13.7. The van der Waals surface area contributed by atoms with Crippen molar-refractivity contribution in [2.75, 3.05) is 26.3 Å². The van der Waals surface area contributed by atoms with Crippen molar-refractivity contribution in [3.63, 3.8) is 0 Å². The minimum Gasteiger partial charge on any atom is -0.490 e. The predicted molar refractivity (Wildman–Crippen MR) is 88.8 cm³/mol. The van der Waals surface area contributed by atoms with Crippen LogP contribution in [0.2, 0.25) is 0 Å². The molecule has 4 rings (SSSR count). The molecule has 6 heteroatoms. The Labute approximate surface area is 141 Å². The highest BCUT2D eigenvalue weighted by Gasteiger charge is 2.63. The van der Waals surface area contributed by atoms with Gasteiger partial charge in [-0.15, -0.1) is 0 Å².